The molecular weight excluding hydrogens is 1040 g/mol. The predicted octanol–water partition coefficient (Wildman–Crippen LogP) is 10.8. The maximum atomic E-state index is 11.5. The van der Waals surface area contributed by atoms with Crippen LogP contribution in [0, 0.1) is 0 Å². The standard InChI is InChI=1S/C11H12Cl2O2.C10H10Cl2O2.C10H8Cl2O.C6H5Cl2N.C4H6O2.ClH.Cu.Na.H2O/c1-15-11(14)4-2-3-8-5-6-9(12)7-10(8)13;11-8-5-4-7(9(12)6-8)2-1-3-10(13)14;11-6-4-8-7(9(12)5-6)2-1-3-10(8)13;7-4-1-2-6(9)5(8)3-4;1-3-4(5)6-2;;;;/h5-7H,2-4H2,1H3;4-6H,1-3H2,(H,13,14);4-5H,1-3H2;1-3H,9H2;3H,1H2,2H3;1H;;;1H2/q;;;;;;2*+1;/p-2. The maximum absolute atomic E-state index is 11.5. The molecule has 0 aliphatic heterocycles. The number of aryl methyl sites for hydroxylation is 2. The number of fused-ring (bicyclic) bond motifs is 1. The summed E-state index contributed by atoms with van der Waals surface area (Å²) in [4.78, 5) is 42.5. The van der Waals surface area contributed by atoms with Gasteiger partial charge in [0, 0.05) is 66.1 Å². The zero-order valence-corrected chi connectivity index (χ0v) is 42.9. The van der Waals surface area contributed by atoms with Crippen LogP contribution in [0.1, 0.15) is 65.6 Å². The van der Waals surface area contributed by atoms with Gasteiger partial charge in [-0.25, -0.2) is 4.79 Å². The third-order valence-corrected chi connectivity index (χ3v) is 9.84. The summed E-state index contributed by atoms with van der Waals surface area (Å²) < 4.78 is 8.69. The van der Waals surface area contributed by atoms with Gasteiger partial charge in [-0.1, -0.05) is 112 Å². The molecule has 0 amide bonds. The van der Waals surface area contributed by atoms with Gasteiger partial charge in [0.1, 0.15) is 0 Å². The monoisotopic (exact) mass is 1080 g/mol. The largest absolute Gasteiger partial charge is 1.00 e. The molecule has 4 N–H and O–H groups in total. The fraction of sp³-hybridized carbons (Fsp3) is 0.268. The van der Waals surface area contributed by atoms with E-state index in [9.17, 15) is 19.2 Å². The summed E-state index contributed by atoms with van der Waals surface area (Å²) >= 11 is 50.0. The molecule has 0 heterocycles. The fourth-order valence-electron chi connectivity index (χ4n) is 4.66. The van der Waals surface area contributed by atoms with Crippen molar-refractivity contribution in [2.24, 2.45) is 0 Å². The maximum Gasteiger partial charge on any atom is 1.00 e. The van der Waals surface area contributed by atoms with Crippen molar-refractivity contribution in [1.82, 2.24) is 0 Å². The van der Waals surface area contributed by atoms with Gasteiger partial charge in [-0.2, -0.15) is 0 Å². The zero-order chi connectivity index (χ0) is 45.1. The number of carboxylic acid groups (broad SMARTS) is 1. The van der Waals surface area contributed by atoms with Gasteiger partial charge in [-0.15, -0.1) is 0 Å². The van der Waals surface area contributed by atoms with Gasteiger partial charge in [0.2, 0.25) is 0 Å². The van der Waals surface area contributed by atoms with Crippen LogP contribution in [0.4, 0.5) is 5.69 Å². The molecular formula is C41H42Cl9CuNNaO8. The second-order valence-electron chi connectivity index (χ2n) is 11.7. The van der Waals surface area contributed by atoms with Crippen LogP contribution in [0.5, 0.6) is 0 Å². The molecule has 61 heavy (non-hydrogen) atoms. The summed E-state index contributed by atoms with van der Waals surface area (Å²) in [5.41, 5.74) is 9.57. The second-order valence-corrected chi connectivity index (χ2v) is 15.1. The second kappa shape index (κ2) is 36.9. The van der Waals surface area contributed by atoms with Gasteiger partial charge < -0.3 is 25.8 Å². The van der Waals surface area contributed by atoms with Crippen molar-refractivity contribution in [3.8, 4) is 0 Å². The Morgan fingerprint density at radius 3 is 1.56 bits per heavy atom. The van der Waals surface area contributed by atoms with E-state index in [2.05, 4.69) is 41.3 Å². The first kappa shape index (κ1) is 63.9. The van der Waals surface area contributed by atoms with E-state index in [-0.39, 0.29) is 53.2 Å². The summed E-state index contributed by atoms with van der Waals surface area (Å²) in [6.45, 7) is 3.16. The number of Topliss-reactive ketones (excluding diaryl/α,β-unsaturated/α-hetero) is 1. The first-order valence-corrected chi connectivity index (χ1v) is 21.4. The smallest absolute Gasteiger partial charge is 0.870 e. The van der Waals surface area contributed by atoms with E-state index in [1.807, 2.05) is 12.1 Å². The fourth-order valence-corrected chi connectivity index (χ4v) is 6.66. The van der Waals surface area contributed by atoms with Crippen molar-refractivity contribution in [3.63, 3.8) is 0 Å². The molecule has 0 unspecified atom stereocenters. The number of carbonyl (C=O) groups excluding carboxylic acids is 3. The number of methoxy groups -OCH3 is 2. The van der Waals surface area contributed by atoms with Gasteiger partial charge in [0.05, 0.1) is 24.9 Å². The molecule has 0 fully saturated rings. The SMILES string of the molecule is C=CC(=O)OC.COC(=O)CCCc1ccc(Cl)cc1Cl.Nc1ccc(Cl)cc1Cl.O=C(O)CCCc1ccc(Cl)cc1Cl.O=C1CCCc2c(Cl)cc(Cl)cc21.[Cl][Cu].[Na+].[OH-]. The number of hydrogen-bond donors (Lipinski definition) is 2. The predicted molar refractivity (Wildman–Crippen MR) is 243 cm³/mol. The normalized spacial score (nSPS) is 10.3. The van der Waals surface area contributed by atoms with E-state index >= 15 is 0 Å². The summed E-state index contributed by atoms with van der Waals surface area (Å²) in [5, 5.41) is 13.2. The van der Waals surface area contributed by atoms with Crippen molar-refractivity contribution in [3.05, 3.63) is 142 Å². The number of esters is 2. The first-order valence-electron chi connectivity index (χ1n) is 17.1. The molecule has 4 aromatic carbocycles. The molecule has 1 aliphatic carbocycles. The molecule has 0 saturated heterocycles. The number of carboxylic acids is 1. The Labute approximate surface area is 431 Å². The Hall–Kier alpha value is -1.41. The minimum atomic E-state index is -0.782. The number of hydrogen-bond acceptors (Lipinski definition) is 8. The molecule has 0 aromatic heterocycles. The first-order chi connectivity index (χ1) is 27.9. The molecule has 0 spiro atoms. The number of benzene rings is 4. The van der Waals surface area contributed by atoms with Crippen LogP contribution in [0.2, 0.25) is 40.2 Å². The number of carbonyl (C=O) groups is 4. The van der Waals surface area contributed by atoms with Crippen LogP contribution in [0.3, 0.4) is 0 Å². The van der Waals surface area contributed by atoms with E-state index in [0.717, 1.165) is 48.4 Å². The molecule has 1 aliphatic rings. The molecule has 5 rings (SSSR count). The molecule has 334 valence electrons. The van der Waals surface area contributed by atoms with Crippen molar-refractivity contribution in [1.29, 1.82) is 0 Å². The van der Waals surface area contributed by atoms with Crippen molar-refractivity contribution in [2.75, 3.05) is 20.0 Å². The Bertz CT molecular complexity index is 1990. The molecule has 0 bridgehead atoms. The summed E-state index contributed by atoms with van der Waals surface area (Å²) in [6, 6.07) is 19.0. The van der Waals surface area contributed by atoms with Crippen molar-refractivity contribution < 1.29 is 83.9 Å². The van der Waals surface area contributed by atoms with E-state index in [1.54, 1.807) is 54.6 Å². The zero-order valence-electron chi connectivity index (χ0n) is 33.1. The Kier molecular flexibility index (Phi) is 38.6. The topological polar surface area (TPSA) is 163 Å². The van der Waals surface area contributed by atoms with Gasteiger partial charge >= 0.3 is 72.7 Å². The van der Waals surface area contributed by atoms with Crippen molar-refractivity contribution in [2.45, 2.75) is 57.8 Å². The number of anilines is 1. The summed E-state index contributed by atoms with van der Waals surface area (Å²) in [6.07, 6.45) is 6.83. The average Bonchev–Trinajstić information content (AvgIpc) is 3.20. The van der Waals surface area contributed by atoms with Crippen molar-refractivity contribution >= 4 is 132 Å². The summed E-state index contributed by atoms with van der Waals surface area (Å²) in [7, 11) is 6.90. The van der Waals surface area contributed by atoms with Crippen LogP contribution in [-0.2, 0) is 58.2 Å². The van der Waals surface area contributed by atoms with E-state index in [1.165, 1.54) is 14.2 Å². The third-order valence-electron chi connectivity index (χ3n) is 7.54. The quantitative estimate of drug-likeness (QED) is 0.0719. The van der Waals surface area contributed by atoms with Gasteiger partial charge in [-0.3, -0.25) is 14.4 Å². The van der Waals surface area contributed by atoms with E-state index in [4.69, 9.17) is 104 Å². The number of halogens is 9. The Balaban J connectivity index is -0.000000694. The minimum absolute atomic E-state index is 0. The van der Waals surface area contributed by atoms with Crippen LogP contribution < -0.4 is 35.3 Å². The number of ketones is 1. The molecule has 9 nitrogen and oxygen atoms in total. The number of nitrogens with two attached hydrogens (primary N) is 1. The number of ether oxygens (including phenoxy) is 2. The average molecular weight is 1080 g/mol. The minimum Gasteiger partial charge on any atom is -0.870 e. The Morgan fingerprint density at radius 2 is 1.16 bits per heavy atom. The summed E-state index contributed by atoms with van der Waals surface area (Å²) in [5.74, 6) is -1.21. The number of aliphatic carboxylic acids is 1. The van der Waals surface area contributed by atoms with E-state index < -0.39 is 11.9 Å². The number of rotatable bonds is 9. The molecule has 20 heteroatoms. The Morgan fingerprint density at radius 1 is 0.705 bits per heavy atom. The van der Waals surface area contributed by atoms with Crippen LogP contribution in [-0.4, -0.2) is 48.5 Å². The third kappa shape index (κ3) is 28.2. The molecule has 4 aromatic rings. The van der Waals surface area contributed by atoms with Crippen LogP contribution in [0.15, 0.2) is 79.4 Å². The van der Waals surface area contributed by atoms with Crippen LogP contribution in [0.25, 0.3) is 0 Å². The van der Waals surface area contributed by atoms with E-state index in [0.29, 0.717) is 77.1 Å². The van der Waals surface area contributed by atoms with Crippen LogP contribution >= 0.6 is 103 Å². The van der Waals surface area contributed by atoms with Gasteiger partial charge in [0.25, 0.3) is 0 Å². The van der Waals surface area contributed by atoms with Gasteiger partial charge in [0.15, 0.2) is 5.78 Å². The number of nitrogen functional groups attached to an aromatic ring is 1. The molecule has 0 radical (unpaired) electrons. The molecule has 0 saturated carbocycles. The van der Waals surface area contributed by atoms with Gasteiger partial charge in [-0.05, 0) is 110 Å². The molecule has 0 atom stereocenters.